The van der Waals surface area contributed by atoms with Crippen molar-refractivity contribution < 1.29 is 19.4 Å². The molecular weight excluding hydrogens is 300 g/mol. The lowest BCUT2D eigenvalue weighted by Crippen LogP contribution is -2.59. The number of carboxylic acids is 1. The van der Waals surface area contributed by atoms with Crippen molar-refractivity contribution in [2.24, 2.45) is 5.92 Å². The van der Waals surface area contributed by atoms with Crippen LogP contribution in [0.2, 0.25) is 0 Å². The highest BCUT2D eigenvalue weighted by atomic mass is 16.5. The average Bonchev–Trinajstić information content (AvgIpc) is 3.16. The molecule has 2 fully saturated rings. The second-order valence-corrected chi connectivity index (χ2v) is 6.03. The number of aromatic nitrogens is 2. The molecule has 1 aromatic heterocycles. The Labute approximate surface area is 134 Å². The second-order valence-electron chi connectivity index (χ2n) is 6.03. The smallest absolute Gasteiger partial charge is 0.317 e. The molecule has 2 amide bonds. The fraction of sp³-hybridized carbons (Fsp3) is 0.667. The molecule has 0 spiro atoms. The molecule has 23 heavy (non-hydrogen) atoms. The zero-order valence-corrected chi connectivity index (χ0v) is 13.1. The molecule has 1 aliphatic carbocycles. The molecule has 126 valence electrons. The third kappa shape index (κ3) is 3.17. The highest BCUT2D eigenvalue weighted by molar-refractivity contribution is 5.77. The van der Waals surface area contributed by atoms with Crippen LogP contribution in [0.15, 0.2) is 18.5 Å². The summed E-state index contributed by atoms with van der Waals surface area (Å²) in [4.78, 5) is 24.9. The van der Waals surface area contributed by atoms with E-state index in [0.29, 0.717) is 19.6 Å². The number of nitrogens with zero attached hydrogens (tertiary/aromatic N) is 3. The van der Waals surface area contributed by atoms with E-state index in [1.54, 1.807) is 11.1 Å². The predicted octanol–water partition coefficient (Wildman–Crippen LogP) is 0.718. The van der Waals surface area contributed by atoms with Gasteiger partial charge < -0.3 is 20.1 Å². The Balaban J connectivity index is 1.59. The summed E-state index contributed by atoms with van der Waals surface area (Å²) < 4.78 is 7.51. The highest BCUT2D eigenvalue weighted by Crippen LogP contribution is 2.35. The Kier molecular flexibility index (Phi) is 4.51. The summed E-state index contributed by atoms with van der Waals surface area (Å²) in [6.07, 6.45) is 4.86. The third-order valence-electron chi connectivity index (χ3n) is 4.62. The van der Waals surface area contributed by atoms with Crippen molar-refractivity contribution in [3.05, 3.63) is 18.5 Å². The first-order chi connectivity index (χ1) is 11.1. The number of hydrogen-bond donors (Lipinski definition) is 2. The van der Waals surface area contributed by atoms with Crippen LogP contribution in [-0.2, 0) is 9.53 Å². The van der Waals surface area contributed by atoms with Crippen LogP contribution in [0.25, 0.3) is 0 Å². The van der Waals surface area contributed by atoms with Gasteiger partial charge in [0.15, 0.2) is 0 Å². The molecule has 1 saturated heterocycles. The molecule has 1 aromatic rings. The van der Waals surface area contributed by atoms with Crippen molar-refractivity contribution in [2.45, 2.75) is 38.0 Å². The number of nitrogens with one attached hydrogen (secondary N) is 1. The fourth-order valence-corrected chi connectivity index (χ4v) is 3.33. The van der Waals surface area contributed by atoms with E-state index in [2.05, 4.69) is 10.4 Å². The van der Waals surface area contributed by atoms with E-state index < -0.39 is 11.9 Å². The summed E-state index contributed by atoms with van der Waals surface area (Å²) in [7, 11) is 0. The van der Waals surface area contributed by atoms with Crippen LogP contribution in [0.3, 0.4) is 0 Å². The molecule has 2 N–H and O–H groups in total. The molecule has 8 nitrogen and oxygen atoms in total. The van der Waals surface area contributed by atoms with E-state index in [9.17, 15) is 9.59 Å². The molecule has 0 aromatic carbocycles. The Hall–Kier alpha value is -2.09. The van der Waals surface area contributed by atoms with Gasteiger partial charge >= 0.3 is 12.0 Å². The summed E-state index contributed by atoms with van der Waals surface area (Å²) in [6, 6.07) is 1.57. The van der Waals surface area contributed by atoms with Crippen LogP contribution in [0.1, 0.15) is 25.8 Å². The Morgan fingerprint density at radius 1 is 1.48 bits per heavy atom. The molecule has 0 radical (unpaired) electrons. The van der Waals surface area contributed by atoms with E-state index in [4.69, 9.17) is 9.84 Å². The topological polar surface area (TPSA) is 96.7 Å². The molecule has 1 saturated carbocycles. The molecule has 0 unspecified atom stereocenters. The van der Waals surface area contributed by atoms with Gasteiger partial charge in [-0.25, -0.2) is 4.79 Å². The van der Waals surface area contributed by atoms with Gasteiger partial charge in [0.2, 0.25) is 0 Å². The van der Waals surface area contributed by atoms with Gasteiger partial charge in [-0.3, -0.25) is 9.48 Å². The van der Waals surface area contributed by atoms with Crippen LogP contribution >= 0.6 is 0 Å². The average molecular weight is 322 g/mol. The van der Waals surface area contributed by atoms with E-state index in [1.165, 1.54) is 0 Å². The second kappa shape index (κ2) is 6.57. The van der Waals surface area contributed by atoms with Gasteiger partial charge in [0.1, 0.15) is 0 Å². The predicted molar refractivity (Wildman–Crippen MR) is 80.9 cm³/mol. The normalized spacial score (nSPS) is 30.0. The number of urea groups is 1. The minimum atomic E-state index is -0.838. The van der Waals surface area contributed by atoms with Crippen LogP contribution < -0.4 is 5.32 Å². The Morgan fingerprint density at radius 2 is 2.30 bits per heavy atom. The lowest BCUT2D eigenvalue weighted by Gasteiger charge is -2.44. The first kappa shape index (κ1) is 15.8. The van der Waals surface area contributed by atoms with Crippen LogP contribution in [0, 0.1) is 5.92 Å². The maximum absolute atomic E-state index is 12.3. The minimum absolute atomic E-state index is 0.0215. The van der Waals surface area contributed by atoms with Crippen LogP contribution in [0.5, 0.6) is 0 Å². The number of aliphatic carboxylic acids is 1. The lowest BCUT2D eigenvalue weighted by molar-refractivity contribution is -0.141. The maximum atomic E-state index is 12.3. The number of hydrogen-bond acceptors (Lipinski definition) is 4. The Bertz CT molecular complexity index is 562. The molecule has 0 bridgehead atoms. The number of ether oxygens (including phenoxy) is 1. The van der Waals surface area contributed by atoms with Crippen molar-refractivity contribution in [2.75, 3.05) is 19.7 Å². The number of carbonyl (C=O) groups excluding carboxylic acids is 1. The molecule has 2 aliphatic rings. The van der Waals surface area contributed by atoms with Crippen molar-refractivity contribution in [3.63, 3.8) is 0 Å². The summed E-state index contributed by atoms with van der Waals surface area (Å²) in [5.74, 6) is -1.30. The molecular formula is C15H22N4O4. The zero-order chi connectivity index (χ0) is 16.4. The van der Waals surface area contributed by atoms with Gasteiger partial charge in [-0.05, 0) is 25.8 Å². The maximum Gasteiger partial charge on any atom is 0.317 e. The standard InChI is InChI=1S/C15H22N4O4/c1-2-23-12-8-11(13(12)19-6-3-5-16-19)17-15(22)18-7-4-10(9-18)14(20)21/h3,5-6,10-13H,2,4,7-9H2,1H3,(H,17,22)(H,20,21)/t10-,11-,12+,13+/m0/s1. The third-order valence-corrected chi connectivity index (χ3v) is 4.62. The molecule has 4 atom stereocenters. The lowest BCUT2D eigenvalue weighted by atomic mass is 9.82. The summed E-state index contributed by atoms with van der Waals surface area (Å²) in [5, 5.41) is 16.3. The zero-order valence-electron chi connectivity index (χ0n) is 13.1. The highest BCUT2D eigenvalue weighted by Gasteiger charge is 2.45. The van der Waals surface area contributed by atoms with Crippen molar-refractivity contribution in [3.8, 4) is 0 Å². The van der Waals surface area contributed by atoms with Gasteiger partial charge in [0.05, 0.1) is 24.1 Å². The number of carbonyl (C=O) groups is 2. The number of carboxylic acid groups (broad SMARTS) is 1. The first-order valence-corrected chi connectivity index (χ1v) is 7.99. The summed E-state index contributed by atoms with van der Waals surface area (Å²) in [6.45, 7) is 3.32. The summed E-state index contributed by atoms with van der Waals surface area (Å²) >= 11 is 0. The molecule has 1 aliphatic heterocycles. The van der Waals surface area contributed by atoms with Gasteiger partial charge in [0, 0.05) is 32.1 Å². The number of amides is 2. The van der Waals surface area contributed by atoms with Gasteiger partial charge in [-0.1, -0.05) is 0 Å². The van der Waals surface area contributed by atoms with Crippen molar-refractivity contribution >= 4 is 12.0 Å². The fourth-order valence-electron chi connectivity index (χ4n) is 3.33. The Morgan fingerprint density at radius 3 is 2.91 bits per heavy atom. The minimum Gasteiger partial charge on any atom is -0.481 e. The SMILES string of the molecule is CCO[C@@H]1C[C@H](NC(=O)N2CC[C@H](C(=O)O)C2)[C@H]1n1cccn1. The van der Waals surface area contributed by atoms with E-state index in [-0.39, 0.29) is 30.8 Å². The van der Waals surface area contributed by atoms with Gasteiger partial charge in [0.25, 0.3) is 0 Å². The monoisotopic (exact) mass is 322 g/mol. The van der Waals surface area contributed by atoms with Crippen molar-refractivity contribution in [1.82, 2.24) is 20.0 Å². The largest absolute Gasteiger partial charge is 0.481 e. The summed E-state index contributed by atoms with van der Waals surface area (Å²) in [5.41, 5.74) is 0. The van der Waals surface area contributed by atoms with E-state index >= 15 is 0 Å². The van der Waals surface area contributed by atoms with Crippen molar-refractivity contribution in [1.29, 1.82) is 0 Å². The molecule has 3 rings (SSSR count). The van der Waals surface area contributed by atoms with Gasteiger partial charge in [-0.15, -0.1) is 0 Å². The van der Waals surface area contributed by atoms with Crippen LogP contribution in [-0.4, -0.2) is 63.6 Å². The number of rotatable bonds is 5. The van der Waals surface area contributed by atoms with Crippen LogP contribution in [0.4, 0.5) is 4.79 Å². The quantitative estimate of drug-likeness (QED) is 0.832. The molecule has 8 heteroatoms. The van der Waals surface area contributed by atoms with E-state index in [1.807, 2.05) is 23.9 Å². The van der Waals surface area contributed by atoms with E-state index in [0.717, 1.165) is 6.42 Å². The molecule has 2 heterocycles. The van der Waals surface area contributed by atoms with Gasteiger partial charge in [-0.2, -0.15) is 5.10 Å². The first-order valence-electron chi connectivity index (χ1n) is 7.99. The number of likely N-dealkylation sites (tertiary alicyclic amines) is 1.